The molecule has 0 radical (unpaired) electrons. The Morgan fingerprint density at radius 3 is 2.29 bits per heavy atom. The number of urea groups is 1. The van der Waals surface area contributed by atoms with Crippen molar-refractivity contribution in [1.29, 1.82) is 0 Å². The normalized spacial score (nSPS) is 13.0. The van der Waals surface area contributed by atoms with Crippen molar-refractivity contribution in [2.45, 2.75) is 27.2 Å². The number of carboxylic acid groups (broad SMARTS) is 1. The standard InChI is InChI=1S/C12H25N3O5S/c1-4-15-21(19,20)6-5-13-12(18)14-8-10(11(16)17)7-9(2)3/h9-10,15H,4-8H2,1-3H3,(H,16,17)(H2,13,14,18). The summed E-state index contributed by atoms with van der Waals surface area (Å²) in [6.45, 7) is 5.74. The number of hydrogen-bond acceptors (Lipinski definition) is 4. The molecule has 8 nitrogen and oxygen atoms in total. The molecule has 0 spiro atoms. The molecule has 0 fully saturated rings. The number of hydrogen-bond donors (Lipinski definition) is 4. The maximum atomic E-state index is 11.5. The van der Waals surface area contributed by atoms with Crippen molar-refractivity contribution < 1.29 is 23.1 Å². The third kappa shape index (κ3) is 10.1. The van der Waals surface area contributed by atoms with Gasteiger partial charge in [-0.3, -0.25) is 4.79 Å². The quantitative estimate of drug-likeness (QED) is 0.449. The molecule has 0 aromatic rings. The summed E-state index contributed by atoms with van der Waals surface area (Å²) in [4.78, 5) is 22.5. The molecular formula is C12H25N3O5S. The first kappa shape index (κ1) is 19.7. The molecular weight excluding hydrogens is 298 g/mol. The van der Waals surface area contributed by atoms with E-state index in [4.69, 9.17) is 5.11 Å². The molecule has 0 rings (SSSR count). The van der Waals surface area contributed by atoms with Gasteiger partial charge in [-0.2, -0.15) is 0 Å². The van der Waals surface area contributed by atoms with Gasteiger partial charge in [0.2, 0.25) is 10.0 Å². The summed E-state index contributed by atoms with van der Waals surface area (Å²) in [7, 11) is -3.37. The fraction of sp³-hybridized carbons (Fsp3) is 0.833. The van der Waals surface area contributed by atoms with Crippen molar-refractivity contribution in [2.75, 3.05) is 25.4 Å². The number of carboxylic acids is 1. The Kier molecular flexibility index (Phi) is 8.95. The van der Waals surface area contributed by atoms with Crippen molar-refractivity contribution in [2.24, 2.45) is 11.8 Å². The predicted molar refractivity (Wildman–Crippen MR) is 79.4 cm³/mol. The van der Waals surface area contributed by atoms with Gasteiger partial charge in [0.1, 0.15) is 0 Å². The molecule has 0 aromatic carbocycles. The molecule has 1 unspecified atom stereocenters. The Morgan fingerprint density at radius 2 is 1.81 bits per heavy atom. The monoisotopic (exact) mass is 323 g/mol. The molecule has 0 bridgehead atoms. The van der Waals surface area contributed by atoms with Crippen LogP contribution in [0.15, 0.2) is 0 Å². The van der Waals surface area contributed by atoms with Gasteiger partial charge in [0.15, 0.2) is 0 Å². The number of carbonyl (C=O) groups is 2. The SMILES string of the molecule is CCNS(=O)(=O)CCNC(=O)NCC(CC(C)C)C(=O)O. The summed E-state index contributed by atoms with van der Waals surface area (Å²) in [5.41, 5.74) is 0. The molecule has 0 saturated carbocycles. The summed E-state index contributed by atoms with van der Waals surface area (Å²) in [6, 6.07) is -0.572. The Bertz CT molecular complexity index is 436. The molecule has 4 N–H and O–H groups in total. The van der Waals surface area contributed by atoms with Crippen LogP contribution in [0.3, 0.4) is 0 Å². The van der Waals surface area contributed by atoms with E-state index in [-0.39, 0.29) is 24.8 Å². The van der Waals surface area contributed by atoms with E-state index >= 15 is 0 Å². The second-order valence-electron chi connectivity index (χ2n) is 5.12. The average molecular weight is 323 g/mol. The van der Waals surface area contributed by atoms with Gasteiger partial charge in [-0.15, -0.1) is 0 Å². The fourth-order valence-electron chi connectivity index (χ4n) is 1.71. The maximum Gasteiger partial charge on any atom is 0.314 e. The molecule has 21 heavy (non-hydrogen) atoms. The first-order valence-electron chi connectivity index (χ1n) is 6.89. The summed E-state index contributed by atoms with van der Waals surface area (Å²) < 4.78 is 25.0. The molecule has 1 atom stereocenters. The van der Waals surface area contributed by atoms with Crippen molar-refractivity contribution >= 4 is 22.0 Å². The van der Waals surface area contributed by atoms with Crippen LogP contribution in [0.5, 0.6) is 0 Å². The average Bonchev–Trinajstić information content (AvgIpc) is 2.33. The van der Waals surface area contributed by atoms with Gasteiger partial charge in [-0.1, -0.05) is 20.8 Å². The lowest BCUT2D eigenvalue weighted by molar-refractivity contribution is -0.142. The van der Waals surface area contributed by atoms with E-state index in [0.29, 0.717) is 13.0 Å². The Balaban J connectivity index is 4.06. The summed E-state index contributed by atoms with van der Waals surface area (Å²) in [5, 5.41) is 13.8. The van der Waals surface area contributed by atoms with Crippen LogP contribution in [0.4, 0.5) is 4.79 Å². The van der Waals surface area contributed by atoms with Crippen LogP contribution >= 0.6 is 0 Å². The first-order valence-corrected chi connectivity index (χ1v) is 8.55. The van der Waals surface area contributed by atoms with E-state index in [1.165, 1.54) is 0 Å². The summed E-state index contributed by atoms with van der Waals surface area (Å²) in [6.07, 6.45) is 0.463. The smallest absolute Gasteiger partial charge is 0.314 e. The zero-order valence-electron chi connectivity index (χ0n) is 12.7. The van der Waals surface area contributed by atoms with Gasteiger partial charge in [0.25, 0.3) is 0 Å². The molecule has 124 valence electrons. The van der Waals surface area contributed by atoms with Gasteiger partial charge >= 0.3 is 12.0 Å². The van der Waals surface area contributed by atoms with Crippen LogP contribution in [0.2, 0.25) is 0 Å². The van der Waals surface area contributed by atoms with E-state index in [2.05, 4.69) is 15.4 Å². The second-order valence-corrected chi connectivity index (χ2v) is 7.04. The van der Waals surface area contributed by atoms with Crippen molar-refractivity contribution in [3.8, 4) is 0 Å². The highest BCUT2D eigenvalue weighted by atomic mass is 32.2. The van der Waals surface area contributed by atoms with E-state index in [9.17, 15) is 18.0 Å². The number of rotatable bonds is 10. The molecule has 9 heteroatoms. The Hall–Kier alpha value is -1.35. The highest BCUT2D eigenvalue weighted by molar-refractivity contribution is 7.89. The van der Waals surface area contributed by atoms with Crippen molar-refractivity contribution in [3.63, 3.8) is 0 Å². The number of carbonyl (C=O) groups excluding carboxylic acids is 1. The van der Waals surface area contributed by atoms with E-state index in [1.807, 2.05) is 13.8 Å². The number of nitrogens with one attached hydrogen (secondary N) is 3. The van der Waals surface area contributed by atoms with Crippen LogP contribution in [-0.4, -0.2) is 50.9 Å². The largest absolute Gasteiger partial charge is 0.481 e. The summed E-state index contributed by atoms with van der Waals surface area (Å²) >= 11 is 0. The maximum absolute atomic E-state index is 11.5. The second kappa shape index (κ2) is 9.56. The molecule has 2 amide bonds. The van der Waals surface area contributed by atoms with E-state index < -0.39 is 27.9 Å². The fourth-order valence-corrected chi connectivity index (χ4v) is 2.66. The summed E-state index contributed by atoms with van der Waals surface area (Å²) in [5.74, 6) is -1.62. The molecule has 0 aliphatic carbocycles. The highest BCUT2D eigenvalue weighted by Crippen LogP contribution is 2.10. The van der Waals surface area contributed by atoms with Crippen molar-refractivity contribution in [1.82, 2.24) is 15.4 Å². The number of amides is 2. The lowest BCUT2D eigenvalue weighted by Gasteiger charge is -2.15. The predicted octanol–water partition coefficient (Wildman–Crippen LogP) is -0.0282. The lowest BCUT2D eigenvalue weighted by atomic mass is 9.97. The topological polar surface area (TPSA) is 125 Å². The minimum Gasteiger partial charge on any atom is -0.481 e. The van der Waals surface area contributed by atoms with Gasteiger partial charge in [-0.05, 0) is 12.3 Å². The van der Waals surface area contributed by atoms with Gasteiger partial charge in [0.05, 0.1) is 11.7 Å². The third-order valence-electron chi connectivity index (χ3n) is 2.63. The van der Waals surface area contributed by atoms with E-state index in [1.54, 1.807) is 6.92 Å². The Morgan fingerprint density at radius 1 is 1.19 bits per heavy atom. The van der Waals surface area contributed by atoms with Crippen LogP contribution in [0.25, 0.3) is 0 Å². The van der Waals surface area contributed by atoms with E-state index in [0.717, 1.165) is 0 Å². The molecule has 0 aliphatic heterocycles. The van der Waals surface area contributed by atoms with Crippen LogP contribution in [-0.2, 0) is 14.8 Å². The van der Waals surface area contributed by atoms with Crippen LogP contribution < -0.4 is 15.4 Å². The van der Waals surface area contributed by atoms with Gasteiger partial charge in [0, 0.05) is 19.6 Å². The zero-order chi connectivity index (χ0) is 16.5. The minimum atomic E-state index is -3.37. The molecule has 0 aliphatic rings. The number of sulfonamides is 1. The van der Waals surface area contributed by atoms with Crippen LogP contribution in [0, 0.1) is 11.8 Å². The first-order chi connectivity index (χ1) is 9.68. The Labute approximate surface area is 125 Å². The zero-order valence-corrected chi connectivity index (χ0v) is 13.5. The molecule has 0 heterocycles. The minimum absolute atomic E-state index is 0.0132. The van der Waals surface area contributed by atoms with Crippen LogP contribution in [0.1, 0.15) is 27.2 Å². The molecule has 0 saturated heterocycles. The lowest BCUT2D eigenvalue weighted by Crippen LogP contribution is -2.42. The van der Waals surface area contributed by atoms with Gasteiger partial charge in [-0.25, -0.2) is 17.9 Å². The number of aliphatic carboxylic acids is 1. The third-order valence-corrected chi connectivity index (χ3v) is 4.10. The van der Waals surface area contributed by atoms with Crippen molar-refractivity contribution in [3.05, 3.63) is 0 Å². The molecule has 0 aromatic heterocycles. The van der Waals surface area contributed by atoms with Gasteiger partial charge < -0.3 is 15.7 Å². The highest BCUT2D eigenvalue weighted by Gasteiger charge is 2.19.